The van der Waals surface area contributed by atoms with Gasteiger partial charge in [0.25, 0.3) is 11.4 Å². The molecule has 0 radical (unpaired) electrons. The third-order valence-electron chi connectivity index (χ3n) is 3.60. The number of fused-ring (bicyclic) bond motifs is 2. The molecule has 0 heterocycles. The number of ketones is 2. The molecular weight excluding hydrogens is 324 g/mol. The van der Waals surface area contributed by atoms with E-state index in [1.807, 2.05) is 0 Å². The van der Waals surface area contributed by atoms with Crippen molar-refractivity contribution in [2.45, 2.75) is 0 Å². The van der Waals surface area contributed by atoms with Crippen LogP contribution in [0.4, 0.5) is 11.4 Å². The van der Waals surface area contributed by atoms with Crippen molar-refractivity contribution in [3.05, 3.63) is 66.7 Å². The number of aromatic hydroxyl groups is 2. The highest BCUT2D eigenvalue weighted by molar-refractivity contribution is 6.31. The van der Waals surface area contributed by atoms with Gasteiger partial charge in [-0.15, -0.1) is 0 Å². The number of nitro groups is 2. The second-order valence-electron chi connectivity index (χ2n) is 4.91. The molecule has 0 bridgehead atoms. The average Bonchev–Trinajstić information content (AvgIpc) is 2.51. The number of carbonyl (C=O) groups excluding carboxylic acids is 2. The normalized spacial score (nSPS) is 12.5. The van der Waals surface area contributed by atoms with Crippen LogP contribution in [-0.2, 0) is 0 Å². The van der Waals surface area contributed by atoms with Gasteiger partial charge < -0.3 is 10.2 Å². The predicted molar refractivity (Wildman–Crippen MR) is 76.4 cm³/mol. The van der Waals surface area contributed by atoms with Crippen LogP contribution >= 0.6 is 0 Å². The van der Waals surface area contributed by atoms with Gasteiger partial charge in [-0.05, 0) is 6.07 Å². The highest BCUT2D eigenvalue weighted by atomic mass is 16.6. The number of non-ortho nitro benzene ring substituents is 1. The SMILES string of the molecule is O=C1c2cc([N+](=O)[O-])cc(O)c2C(=O)c2c([N+](=O)[O-])ccc(O)c21. The van der Waals surface area contributed by atoms with Crippen molar-refractivity contribution in [2.24, 2.45) is 0 Å². The molecule has 0 aromatic heterocycles. The van der Waals surface area contributed by atoms with Gasteiger partial charge in [0, 0.05) is 17.7 Å². The Hall–Kier alpha value is -3.82. The second kappa shape index (κ2) is 4.84. The lowest BCUT2D eigenvalue weighted by molar-refractivity contribution is -0.385. The zero-order chi connectivity index (χ0) is 17.8. The summed E-state index contributed by atoms with van der Waals surface area (Å²) in [5, 5.41) is 41.6. The van der Waals surface area contributed by atoms with Gasteiger partial charge in [0.1, 0.15) is 17.1 Å². The van der Waals surface area contributed by atoms with Crippen molar-refractivity contribution in [1.29, 1.82) is 0 Å². The molecule has 10 nitrogen and oxygen atoms in total. The Bertz CT molecular complexity index is 979. The maximum absolute atomic E-state index is 12.5. The van der Waals surface area contributed by atoms with Crippen molar-refractivity contribution in [1.82, 2.24) is 0 Å². The van der Waals surface area contributed by atoms with Crippen molar-refractivity contribution in [2.75, 3.05) is 0 Å². The quantitative estimate of drug-likeness (QED) is 0.530. The Morgan fingerprint density at radius 1 is 0.792 bits per heavy atom. The van der Waals surface area contributed by atoms with Crippen molar-refractivity contribution in [3.8, 4) is 11.5 Å². The van der Waals surface area contributed by atoms with Crippen LogP contribution in [0.2, 0.25) is 0 Å². The topological polar surface area (TPSA) is 161 Å². The first-order chi connectivity index (χ1) is 11.2. The third kappa shape index (κ3) is 1.90. The minimum absolute atomic E-state index is 0.505. The Labute approximate surface area is 131 Å². The fraction of sp³-hybridized carbons (Fsp3) is 0. The molecule has 0 atom stereocenters. The maximum atomic E-state index is 12.5. The second-order valence-corrected chi connectivity index (χ2v) is 4.91. The number of phenolic OH excluding ortho intramolecular Hbond substituents is 2. The van der Waals surface area contributed by atoms with E-state index in [2.05, 4.69) is 0 Å². The molecule has 0 saturated heterocycles. The Balaban J connectivity index is 2.40. The lowest BCUT2D eigenvalue weighted by atomic mass is 9.82. The number of phenols is 2. The Morgan fingerprint density at radius 2 is 1.46 bits per heavy atom. The first kappa shape index (κ1) is 15.1. The number of rotatable bonds is 2. The van der Waals surface area contributed by atoms with E-state index in [1.165, 1.54) is 0 Å². The van der Waals surface area contributed by atoms with Crippen LogP contribution in [0.3, 0.4) is 0 Å². The van der Waals surface area contributed by atoms with Gasteiger partial charge in [-0.1, -0.05) is 0 Å². The minimum Gasteiger partial charge on any atom is -0.507 e. The maximum Gasteiger partial charge on any atom is 0.281 e. The van der Waals surface area contributed by atoms with Gasteiger partial charge in [0.05, 0.1) is 27.0 Å². The molecule has 3 rings (SSSR count). The van der Waals surface area contributed by atoms with E-state index in [0.29, 0.717) is 6.07 Å². The van der Waals surface area contributed by atoms with Crippen LogP contribution in [0.25, 0.3) is 0 Å². The standard InChI is InChI=1S/C14H6N2O8/c17-8-2-1-7(16(23)24)11-12(8)13(19)6-3-5(15(21)22)4-9(18)10(6)14(11)20/h1-4,17-18H. The molecule has 10 heteroatoms. The van der Waals surface area contributed by atoms with Gasteiger partial charge in [-0.25, -0.2) is 0 Å². The molecule has 2 aromatic rings. The number of benzene rings is 2. The number of nitrogens with zero attached hydrogens (tertiary/aromatic N) is 2. The smallest absolute Gasteiger partial charge is 0.281 e. The monoisotopic (exact) mass is 330 g/mol. The van der Waals surface area contributed by atoms with Gasteiger partial charge in [0.2, 0.25) is 5.78 Å². The highest BCUT2D eigenvalue weighted by Gasteiger charge is 2.40. The largest absolute Gasteiger partial charge is 0.507 e. The summed E-state index contributed by atoms with van der Waals surface area (Å²) >= 11 is 0. The van der Waals surface area contributed by atoms with Crippen molar-refractivity contribution < 1.29 is 29.6 Å². The summed E-state index contributed by atoms with van der Waals surface area (Å²) in [6.07, 6.45) is 0. The van der Waals surface area contributed by atoms with E-state index in [4.69, 9.17) is 0 Å². The lowest BCUT2D eigenvalue weighted by Crippen LogP contribution is -2.22. The van der Waals surface area contributed by atoms with Gasteiger partial charge in [-0.2, -0.15) is 0 Å². The van der Waals surface area contributed by atoms with Crippen LogP contribution in [0, 0.1) is 20.2 Å². The van der Waals surface area contributed by atoms with Crippen molar-refractivity contribution >= 4 is 22.9 Å². The minimum atomic E-state index is -1.07. The molecule has 0 aliphatic heterocycles. The summed E-state index contributed by atoms with van der Waals surface area (Å²) in [5.74, 6) is -3.62. The summed E-state index contributed by atoms with van der Waals surface area (Å²) in [4.78, 5) is 45.2. The van der Waals surface area contributed by atoms with Crippen LogP contribution < -0.4 is 0 Å². The van der Waals surface area contributed by atoms with E-state index in [1.54, 1.807) is 0 Å². The number of nitro benzene ring substituents is 2. The molecular formula is C14H6N2O8. The summed E-state index contributed by atoms with van der Waals surface area (Å²) in [6.45, 7) is 0. The fourth-order valence-electron chi connectivity index (χ4n) is 2.59. The van der Waals surface area contributed by atoms with Crippen LogP contribution in [0.15, 0.2) is 24.3 Å². The molecule has 120 valence electrons. The molecule has 1 aliphatic carbocycles. The summed E-state index contributed by atoms with van der Waals surface area (Å²) in [6, 6.07) is 3.18. The molecule has 2 aromatic carbocycles. The van der Waals surface area contributed by atoms with Crippen molar-refractivity contribution in [3.63, 3.8) is 0 Å². The zero-order valence-electron chi connectivity index (χ0n) is 11.5. The first-order valence-corrected chi connectivity index (χ1v) is 6.35. The van der Waals surface area contributed by atoms with E-state index >= 15 is 0 Å². The molecule has 0 saturated carbocycles. The Morgan fingerprint density at radius 3 is 2.04 bits per heavy atom. The summed E-state index contributed by atoms with van der Waals surface area (Å²) in [5.41, 5.74) is -3.73. The number of hydrogen-bond acceptors (Lipinski definition) is 8. The molecule has 1 aliphatic rings. The molecule has 0 unspecified atom stereocenters. The number of hydrogen-bond donors (Lipinski definition) is 2. The average molecular weight is 330 g/mol. The molecule has 0 fully saturated rings. The van der Waals surface area contributed by atoms with E-state index in [9.17, 15) is 40.0 Å². The summed E-state index contributed by atoms with van der Waals surface area (Å²) < 4.78 is 0. The predicted octanol–water partition coefficient (Wildman–Crippen LogP) is 1.69. The zero-order valence-corrected chi connectivity index (χ0v) is 11.5. The number of carbonyl (C=O) groups is 2. The van der Waals surface area contributed by atoms with Gasteiger partial charge >= 0.3 is 0 Å². The van der Waals surface area contributed by atoms with Crippen LogP contribution in [0.5, 0.6) is 11.5 Å². The van der Waals surface area contributed by atoms with Crippen LogP contribution in [0.1, 0.15) is 31.8 Å². The third-order valence-corrected chi connectivity index (χ3v) is 3.60. The molecule has 2 N–H and O–H groups in total. The fourth-order valence-corrected chi connectivity index (χ4v) is 2.59. The summed E-state index contributed by atoms with van der Waals surface area (Å²) in [7, 11) is 0. The van der Waals surface area contributed by atoms with Gasteiger partial charge in [0.15, 0.2) is 5.78 Å². The first-order valence-electron chi connectivity index (χ1n) is 6.35. The van der Waals surface area contributed by atoms with Gasteiger partial charge in [-0.3, -0.25) is 29.8 Å². The molecule has 24 heavy (non-hydrogen) atoms. The van der Waals surface area contributed by atoms with Crippen LogP contribution in [-0.4, -0.2) is 31.6 Å². The molecule has 0 spiro atoms. The van der Waals surface area contributed by atoms with E-state index in [0.717, 1.165) is 18.2 Å². The van der Waals surface area contributed by atoms with E-state index in [-0.39, 0.29) is 0 Å². The lowest BCUT2D eigenvalue weighted by Gasteiger charge is -2.18. The molecule has 0 amide bonds. The Kier molecular flexibility index (Phi) is 3.04. The highest BCUT2D eigenvalue weighted by Crippen LogP contribution is 2.41. The van der Waals surface area contributed by atoms with E-state index < -0.39 is 66.5 Å².